The van der Waals surface area contributed by atoms with Crippen molar-refractivity contribution in [2.75, 3.05) is 18.5 Å². The fourth-order valence-corrected chi connectivity index (χ4v) is 7.22. The Morgan fingerprint density at radius 2 is 1.95 bits per heavy atom. The Balaban J connectivity index is 1.56. The maximum absolute atomic E-state index is 14.1. The molecule has 3 saturated heterocycles. The molecule has 3 fully saturated rings. The summed E-state index contributed by atoms with van der Waals surface area (Å²) in [5.41, 5.74) is 0.176. The molecular weight excluding hydrogens is 564 g/mol. The SMILES string of the molecule is CCOC(=O)[C@H]1[C@H]2C(=O)N([C@@H](CO)Cc3ccccc3)C(C(=O)Nc3ccc(Cl)cc3)C23CC(Br)[C@@H]1O3. The maximum atomic E-state index is 14.1. The van der Waals surface area contributed by atoms with Crippen LogP contribution in [-0.2, 0) is 30.3 Å². The van der Waals surface area contributed by atoms with Crippen LogP contribution in [-0.4, -0.2) is 69.6 Å². The first-order chi connectivity index (χ1) is 17.8. The van der Waals surface area contributed by atoms with E-state index in [0.29, 0.717) is 23.6 Å². The minimum atomic E-state index is -1.24. The van der Waals surface area contributed by atoms with E-state index in [9.17, 15) is 19.5 Å². The van der Waals surface area contributed by atoms with Crippen LogP contribution in [0.5, 0.6) is 0 Å². The number of aliphatic hydroxyl groups is 1. The number of likely N-dealkylation sites (tertiary alicyclic amines) is 1. The summed E-state index contributed by atoms with van der Waals surface area (Å²) in [6.07, 6.45) is 0.104. The molecule has 2 N–H and O–H groups in total. The van der Waals surface area contributed by atoms with Crippen LogP contribution in [0.15, 0.2) is 54.6 Å². The van der Waals surface area contributed by atoms with E-state index in [-0.39, 0.29) is 23.9 Å². The molecule has 10 heteroatoms. The second-order valence-electron chi connectivity index (χ2n) is 9.68. The van der Waals surface area contributed by atoms with Gasteiger partial charge < -0.3 is 24.8 Å². The molecule has 0 aromatic heterocycles. The molecule has 1 spiro atoms. The summed E-state index contributed by atoms with van der Waals surface area (Å²) >= 11 is 9.63. The minimum absolute atomic E-state index is 0.167. The first-order valence-electron chi connectivity index (χ1n) is 12.3. The number of amides is 2. The van der Waals surface area contributed by atoms with Gasteiger partial charge in [-0.3, -0.25) is 14.4 Å². The maximum Gasteiger partial charge on any atom is 0.312 e. The van der Waals surface area contributed by atoms with Gasteiger partial charge in [0.1, 0.15) is 11.6 Å². The van der Waals surface area contributed by atoms with Gasteiger partial charge in [-0.25, -0.2) is 0 Å². The number of carbonyl (C=O) groups is 3. The average molecular weight is 592 g/mol. The Hall–Kier alpha value is -2.46. The van der Waals surface area contributed by atoms with Crippen molar-refractivity contribution in [3.63, 3.8) is 0 Å². The molecule has 3 aliphatic heterocycles. The van der Waals surface area contributed by atoms with E-state index in [4.69, 9.17) is 21.1 Å². The molecule has 2 aromatic rings. The van der Waals surface area contributed by atoms with E-state index >= 15 is 0 Å². The molecule has 0 saturated carbocycles. The highest BCUT2D eigenvalue weighted by Crippen LogP contribution is 2.60. The first kappa shape index (κ1) is 26.2. The second kappa shape index (κ2) is 10.4. The fourth-order valence-electron chi connectivity index (χ4n) is 6.15. The Morgan fingerprint density at radius 3 is 2.59 bits per heavy atom. The van der Waals surface area contributed by atoms with Gasteiger partial charge in [0.05, 0.1) is 37.2 Å². The van der Waals surface area contributed by atoms with Gasteiger partial charge in [0.15, 0.2) is 0 Å². The number of esters is 1. The largest absolute Gasteiger partial charge is 0.466 e. The number of alkyl halides is 1. The molecule has 5 rings (SSSR count). The highest BCUT2D eigenvalue weighted by molar-refractivity contribution is 9.09. The van der Waals surface area contributed by atoms with E-state index in [0.717, 1.165) is 5.56 Å². The third-order valence-corrected chi connectivity index (χ3v) is 8.66. The lowest BCUT2D eigenvalue weighted by Crippen LogP contribution is -2.57. The number of rotatable bonds is 8. The number of halogens is 2. The van der Waals surface area contributed by atoms with Gasteiger partial charge in [0.25, 0.3) is 0 Å². The number of ether oxygens (including phenoxy) is 2. The van der Waals surface area contributed by atoms with Crippen LogP contribution < -0.4 is 5.32 Å². The van der Waals surface area contributed by atoms with Crippen molar-refractivity contribution < 1.29 is 29.0 Å². The van der Waals surface area contributed by atoms with Gasteiger partial charge in [0.2, 0.25) is 11.8 Å². The van der Waals surface area contributed by atoms with Crippen LogP contribution in [0.25, 0.3) is 0 Å². The smallest absolute Gasteiger partial charge is 0.312 e. The van der Waals surface area contributed by atoms with Gasteiger partial charge in [-0.1, -0.05) is 57.9 Å². The number of hydrogen-bond acceptors (Lipinski definition) is 6. The average Bonchev–Trinajstić information content (AvgIpc) is 3.48. The summed E-state index contributed by atoms with van der Waals surface area (Å²) in [6, 6.07) is 14.4. The van der Waals surface area contributed by atoms with Crippen molar-refractivity contribution in [3.05, 3.63) is 65.2 Å². The van der Waals surface area contributed by atoms with Gasteiger partial charge >= 0.3 is 5.97 Å². The van der Waals surface area contributed by atoms with Gasteiger partial charge in [0, 0.05) is 15.5 Å². The van der Waals surface area contributed by atoms with Gasteiger partial charge in [-0.2, -0.15) is 0 Å². The third-order valence-electron chi connectivity index (χ3n) is 7.56. The van der Waals surface area contributed by atoms with Gasteiger partial charge in [-0.15, -0.1) is 0 Å². The van der Waals surface area contributed by atoms with Crippen LogP contribution in [0, 0.1) is 11.8 Å². The lowest BCUT2D eigenvalue weighted by molar-refractivity contribution is -0.155. The number of nitrogens with zero attached hydrogens (tertiary/aromatic N) is 1. The van der Waals surface area contributed by atoms with Crippen LogP contribution in [0.3, 0.4) is 0 Å². The molecule has 3 heterocycles. The molecule has 8 nitrogen and oxygen atoms in total. The molecule has 3 unspecified atom stereocenters. The quantitative estimate of drug-likeness (QED) is 0.361. The molecule has 2 aromatic carbocycles. The molecule has 3 aliphatic rings. The molecule has 0 radical (unpaired) electrons. The van der Waals surface area contributed by atoms with Crippen molar-refractivity contribution >= 4 is 51.0 Å². The molecule has 0 aliphatic carbocycles. The zero-order chi connectivity index (χ0) is 26.3. The zero-order valence-electron chi connectivity index (χ0n) is 20.2. The number of anilines is 1. The number of aliphatic hydroxyl groups excluding tert-OH is 1. The van der Waals surface area contributed by atoms with Crippen molar-refractivity contribution in [1.82, 2.24) is 4.90 Å². The van der Waals surface area contributed by atoms with Crippen LogP contribution in [0.2, 0.25) is 5.02 Å². The summed E-state index contributed by atoms with van der Waals surface area (Å²) in [4.78, 5) is 42.3. The van der Waals surface area contributed by atoms with Gasteiger partial charge in [-0.05, 0) is 49.6 Å². The molecule has 2 bridgehead atoms. The Labute approximate surface area is 228 Å². The van der Waals surface area contributed by atoms with E-state index in [1.165, 1.54) is 4.90 Å². The van der Waals surface area contributed by atoms with E-state index in [2.05, 4.69) is 21.2 Å². The summed E-state index contributed by atoms with van der Waals surface area (Å²) in [7, 11) is 0. The topological polar surface area (TPSA) is 105 Å². The van der Waals surface area contributed by atoms with Crippen molar-refractivity contribution in [3.8, 4) is 0 Å². The Kier molecular flexibility index (Phi) is 7.33. The lowest BCUT2D eigenvalue weighted by Gasteiger charge is -2.37. The third kappa shape index (κ3) is 4.46. The van der Waals surface area contributed by atoms with Crippen molar-refractivity contribution in [2.24, 2.45) is 11.8 Å². The second-order valence-corrected chi connectivity index (χ2v) is 11.3. The number of carbonyl (C=O) groups excluding carboxylic acids is 3. The Morgan fingerprint density at radius 1 is 1.24 bits per heavy atom. The summed E-state index contributed by atoms with van der Waals surface area (Å²) in [6.45, 7) is 1.51. The number of hydrogen-bond donors (Lipinski definition) is 2. The highest BCUT2D eigenvalue weighted by Gasteiger charge is 2.77. The predicted octanol–water partition coefficient (Wildman–Crippen LogP) is 3.19. The lowest BCUT2D eigenvalue weighted by atomic mass is 9.70. The standard InChI is InChI=1S/C27H28BrClN2O6/c1-2-36-26(35)20-21-25(34)31(18(14-32)12-15-6-4-3-5-7-15)23(27(21)13-19(28)22(20)37-27)24(33)30-17-10-8-16(29)9-11-17/h3-11,18-23,32H,2,12-14H2,1H3,(H,30,33)/t18-,19?,20+,21+,22+,23?,27?/m1/s1. The Bertz CT molecular complexity index is 1180. The van der Waals surface area contributed by atoms with Crippen molar-refractivity contribution in [1.29, 1.82) is 0 Å². The summed E-state index contributed by atoms with van der Waals surface area (Å²) in [5.74, 6) is -3.09. The highest BCUT2D eigenvalue weighted by atomic mass is 79.9. The van der Waals surface area contributed by atoms with Crippen LogP contribution in [0.1, 0.15) is 18.9 Å². The summed E-state index contributed by atoms with van der Waals surface area (Å²) in [5, 5.41) is 13.9. The van der Waals surface area contributed by atoms with Crippen LogP contribution >= 0.6 is 27.5 Å². The summed E-state index contributed by atoms with van der Waals surface area (Å²) < 4.78 is 11.8. The number of benzene rings is 2. The molecule has 2 amide bonds. The molecule has 196 valence electrons. The zero-order valence-corrected chi connectivity index (χ0v) is 22.5. The number of fused-ring (bicyclic) bond motifs is 1. The van der Waals surface area contributed by atoms with Crippen molar-refractivity contribution in [2.45, 2.75) is 48.4 Å². The minimum Gasteiger partial charge on any atom is -0.466 e. The van der Waals surface area contributed by atoms with Crippen LogP contribution in [0.4, 0.5) is 5.69 Å². The first-order valence-corrected chi connectivity index (χ1v) is 13.6. The predicted molar refractivity (Wildman–Crippen MR) is 140 cm³/mol. The molecule has 37 heavy (non-hydrogen) atoms. The fraction of sp³-hybridized carbons (Fsp3) is 0.444. The van der Waals surface area contributed by atoms with E-state index in [1.807, 2.05) is 30.3 Å². The monoisotopic (exact) mass is 590 g/mol. The molecular formula is C27H28BrClN2O6. The molecule has 7 atom stereocenters. The van der Waals surface area contributed by atoms with E-state index in [1.54, 1.807) is 31.2 Å². The normalized spacial score (nSPS) is 30.8. The van der Waals surface area contributed by atoms with E-state index < -0.39 is 47.5 Å². The number of nitrogens with one attached hydrogen (secondary N) is 1.